The van der Waals surface area contributed by atoms with Gasteiger partial charge in [-0.1, -0.05) is 17.7 Å². The molecule has 1 aliphatic heterocycles. The summed E-state index contributed by atoms with van der Waals surface area (Å²) in [6, 6.07) is 7.83. The second-order valence-corrected chi connectivity index (χ2v) is 5.91. The van der Waals surface area contributed by atoms with E-state index in [1.165, 1.54) is 5.56 Å². The highest BCUT2D eigenvalue weighted by molar-refractivity contribution is 5.81. The van der Waals surface area contributed by atoms with Crippen molar-refractivity contribution < 1.29 is 19.1 Å². The highest BCUT2D eigenvalue weighted by atomic mass is 16.5. The van der Waals surface area contributed by atoms with Gasteiger partial charge < -0.3 is 20.1 Å². The van der Waals surface area contributed by atoms with Crippen LogP contribution in [0.3, 0.4) is 0 Å². The predicted molar refractivity (Wildman–Crippen MR) is 90.9 cm³/mol. The number of ether oxygens (including phenoxy) is 2. The maximum atomic E-state index is 11.7. The van der Waals surface area contributed by atoms with Gasteiger partial charge in [0.25, 0.3) is 0 Å². The van der Waals surface area contributed by atoms with Crippen molar-refractivity contribution in [3.63, 3.8) is 0 Å². The van der Waals surface area contributed by atoms with Crippen molar-refractivity contribution in [1.29, 1.82) is 0 Å². The summed E-state index contributed by atoms with van der Waals surface area (Å²) in [5.74, 6) is 0.694. The fraction of sp³-hybridized carbons (Fsp3) is 0.556. The number of hydrogen-bond acceptors (Lipinski definition) is 4. The molecule has 2 N–H and O–H groups in total. The maximum Gasteiger partial charge on any atom is 0.249 e. The van der Waals surface area contributed by atoms with E-state index in [1.54, 1.807) is 0 Å². The predicted octanol–water partition coefficient (Wildman–Crippen LogP) is 1.57. The number of carbonyl (C=O) groups excluding carboxylic acids is 2. The largest absolute Gasteiger partial charge is 0.494 e. The van der Waals surface area contributed by atoms with Gasteiger partial charge in [0.05, 0.1) is 6.61 Å². The normalized spacial score (nSPS) is 16.6. The molecule has 0 bridgehead atoms. The van der Waals surface area contributed by atoms with E-state index in [9.17, 15) is 9.59 Å². The SMILES string of the molecule is Cc1ccc(OCCCC(=O)NCCNC(=O)C2CCCO2)cc1. The van der Waals surface area contributed by atoms with Crippen LogP contribution in [0.25, 0.3) is 0 Å². The molecule has 24 heavy (non-hydrogen) atoms. The lowest BCUT2D eigenvalue weighted by molar-refractivity contribution is -0.130. The third-order valence-corrected chi connectivity index (χ3v) is 3.81. The summed E-state index contributed by atoms with van der Waals surface area (Å²) in [4.78, 5) is 23.4. The molecule has 0 aromatic heterocycles. The number of benzene rings is 1. The molecule has 1 heterocycles. The number of amides is 2. The van der Waals surface area contributed by atoms with Crippen LogP contribution in [0.5, 0.6) is 5.75 Å². The molecule has 6 nitrogen and oxygen atoms in total. The van der Waals surface area contributed by atoms with E-state index in [-0.39, 0.29) is 17.9 Å². The van der Waals surface area contributed by atoms with Gasteiger partial charge in [-0.25, -0.2) is 0 Å². The first kappa shape index (κ1) is 18.3. The average molecular weight is 334 g/mol. The minimum atomic E-state index is -0.320. The molecule has 1 saturated heterocycles. The molecule has 6 heteroatoms. The summed E-state index contributed by atoms with van der Waals surface area (Å²) in [6.07, 6.45) is 2.45. The summed E-state index contributed by atoms with van der Waals surface area (Å²) < 4.78 is 10.9. The molecule has 1 fully saturated rings. The van der Waals surface area contributed by atoms with Crippen LogP contribution < -0.4 is 15.4 Å². The van der Waals surface area contributed by atoms with E-state index >= 15 is 0 Å². The first-order valence-electron chi connectivity index (χ1n) is 8.50. The number of nitrogens with one attached hydrogen (secondary N) is 2. The zero-order chi connectivity index (χ0) is 17.2. The lowest BCUT2D eigenvalue weighted by atomic mass is 10.2. The average Bonchev–Trinajstić information content (AvgIpc) is 3.12. The molecular weight excluding hydrogens is 308 g/mol. The van der Waals surface area contributed by atoms with E-state index in [2.05, 4.69) is 10.6 Å². The van der Waals surface area contributed by atoms with Gasteiger partial charge in [0.1, 0.15) is 11.9 Å². The van der Waals surface area contributed by atoms with Crippen LogP contribution in [0, 0.1) is 6.92 Å². The van der Waals surface area contributed by atoms with Crippen molar-refractivity contribution in [3.05, 3.63) is 29.8 Å². The van der Waals surface area contributed by atoms with Crippen molar-refractivity contribution >= 4 is 11.8 Å². The molecule has 0 saturated carbocycles. The highest BCUT2D eigenvalue weighted by Gasteiger charge is 2.22. The van der Waals surface area contributed by atoms with Crippen molar-refractivity contribution in [2.24, 2.45) is 0 Å². The lowest BCUT2D eigenvalue weighted by Gasteiger charge is -2.11. The van der Waals surface area contributed by atoms with E-state index in [0.29, 0.717) is 39.1 Å². The third-order valence-electron chi connectivity index (χ3n) is 3.81. The fourth-order valence-electron chi connectivity index (χ4n) is 2.43. The molecule has 0 spiro atoms. The molecule has 1 aromatic rings. The minimum Gasteiger partial charge on any atom is -0.494 e. The topological polar surface area (TPSA) is 76.7 Å². The number of hydrogen-bond donors (Lipinski definition) is 2. The standard InChI is InChI=1S/C18H26N2O4/c1-14-6-8-15(9-7-14)23-12-3-5-17(21)19-10-11-20-18(22)16-4-2-13-24-16/h6-9,16H,2-5,10-13H2,1H3,(H,19,21)(H,20,22). The Hall–Kier alpha value is -2.08. The lowest BCUT2D eigenvalue weighted by Crippen LogP contribution is -2.39. The van der Waals surface area contributed by atoms with Crippen LogP contribution in [0.2, 0.25) is 0 Å². The molecule has 0 aliphatic carbocycles. The van der Waals surface area contributed by atoms with Gasteiger partial charge in [0.15, 0.2) is 0 Å². The Morgan fingerprint density at radius 3 is 2.67 bits per heavy atom. The summed E-state index contributed by atoms with van der Waals surface area (Å²) in [5.41, 5.74) is 1.19. The quantitative estimate of drug-likeness (QED) is 0.672. The van der Waals surface area contributed by atoms with E-state index in [4.69, 9.17) is 9.47 Å². The van der Waals surface area contributed by atoms with E-state index in [1.807, 2.05) is 31.2 Å². The number of carbonyl (C=O) groups is 2. The summed E-state index contributed by atoms with van der Waals surface area (Å²) in [5, 5.41) is 5.55. The van der Waals surface area contributed by atoms with Gasteiger partial charge in [0.2, 0.25) is 11.8 Å². The fourth-order valence-corrected chi connectivity index (χ4v) is 2.43. The molecule has 1 aromatic carbocycles. The summed E-state index contributed by atoms with van der Waals surface area (Å²) in [7, 11) is 0. The van der Waals surface area contributed by atoms with Crippen LogP contribution in [0.15, 0.2) is 24.3 Å². The number of aryl methyl sites for hydroxylation is 1. The minimum absolute atomic E-state index is 0.0335. The molecule has 0 radical (unpaired) electrons. The second-order valence-electron chi connectivity index (χ2n) is 5.91. The third kappa shape index (κ3) is 6.58. The van der Waals surface area contributed by atoms with Gasteiger partial charge in [-0.05, 0) is 38.3 Å². The summed E-state index contributed by atoms with van der Waals surface area (Å²) in [6.45, 7) is 4.03. The second kappa shape index (κ2) is 9.93. The van der Waals surface area contributed by atoms with Crippen LogP contribution in [0.4, 0.5) is 0 Å². The highest BCUT2D eigenvalue weighted by Crippen LogP contribution is 2.12. The molecular formula is C18H26N2O4. The van der Waals surface area contributed by atoms with Gasteiger partial charge >= 0.3 is 0 Å². The van der Waals surface area contributed by atoms with Crippen molar-refractivity contribution in [3.8, 4) is 5.75 Å². The first-order valence-corrected chi connectivity index (χ1v) is 8.50. The number of rotatable bonds is 9. The van der Waals surface area contributed by atoms with Gasteiger partial charge in [-0.2, -0.15) is 0 Å². The molecule has 2 rings (SSSR count). The molecule has 1 atom stereocenters. The Bertz CT molecular complexity index is 524. The molecule has 2 amide bonds. The van der Waals surface area contributed by atoms with Gasteiger partial charge in [-0.15, -0.1) is 0 Å². The molecule has 1 aliphatic rings. The Morgan fingerprint density at radius 2 is 1.96 bits per heavy atom. The zero-order valence-corrected chi connectivity index (χ0v) is 14.2. The Morgan fingerprint density at radius 1 is 1.21 bits per heavy atom. The van der Waals surface area contributed by atoms with Crippen LogP contribution in [0.1, 0.15) is 31.2 Å². The maximum absolute atomic E-state index is 11.7. The van der Waals surface area contributed by atoms with Crippen molar-refractivity contribution in [1.82, 2.24) is 10.6 Å². The van der Waals surface area contributed by atoms with E-state index < -0.39 is 0 Å². The molecule has 132 valence electrons. The Labute approximate surface area is 142 Å². The van der Waals surface area contributed by atoms with Crippen LogP contribution in [-0.4, -0.2) is 44.2 Å². The Balaban J connectivity index is 1.47. The van der Waals surface area contributed by atoms with Crippen LogP contribution in [-0.2, 0) is 14.3 Å². The van der Waals surface area contributed by atoms with Gasteiger partial charge in [0, 0.05) is 26.1 Å². The van der Waals surface area contributed by atoms with Crippen LogP contribution >= 0.6 is 0 Å². The van der Waals surface area contributed by atoms with Crippen molar-refractivity contribution in [2.45, 2.75) is 38.7 Å². The first-order chi connectivity index (χ1) is 11.6. The van der Waals surface area contributed by atoms with Gasteiger partial charge in [-0.3, -0.25) is 9.59 Å². The van der Waals surface area contributed by atoms with E-state index in [0.717, 1.165) is 18.6 Å². The smallest absolute Gasteiger partial charge is 0.249 e. The molecule has 1 unspecified atom stereocenters. The van der Waals surface area contributed by atoms with Crippen molar-refractivity contribution in [2.75, 3.05) is 26.3 Å². The monoisotopic (exact) mass is 334 g/mol. The zero-order valence-electron chi connectivity index (χ0n) is 14.2. The summed E-state index contributed by atoms with van der Waals surface area (Å²) >= 11 is 0. The Kier molecular flexibility index (Phi) is 7.55.